The van der Waals surface area contributed by atoms with Crippen LogP contribution in [0.2, 0.25) is 0 Å². The van der Waals surface area contributed by atoms with Gasteiger partial charge in [-0.1, -0.05) is 26.0 Å². The molecule has 1 saturated heterocycles. The van der Waals surface area contributed by atoms with E-state index in [0.29, 0.717) is 11.5 Å². The van der Waals surface area contributed by atoms with Crippen LogP contribution >= 0.6 is 11.8 Å². The molecule has 0 bridgehead atoms. The first kappa shape index (κ1) is 13.9. The van der Waals surface area contributed by atoms with E-state index in [2.05, 4.69) is 26.1 Å². The third kappa shape index (κ3) is 3.72. The van der Waals surface area contributed by atoms with Crippen LogP contribution in [0.1, 0.15) is 38.8 Å². The van der Waals surface area contributed by atoms with Gasteiger partial charge >= 0.3 is 0 Å². The van der Waals surface area contributed by atoms with Crippen LogP contribution in [0.15, 0.2) is 24.3 Å². The molecule has 100 valence electrons. The summed E-state index contributed by atoms with van der Waals surface area (Å²) in [5, 5.41) is 3.63. The smallest absolute Gasteiger partial charge is 0.123 e. The second-order valence-corrected chi connectivity index (χ2v) is 7.05. The molecule has 0 aliphatic carbocycles. The molecule has 2 unspecified atom stereocenters. The van der Waals surface area contributed by atoms with Crippen molar-refractivity contribution in [3.05, 3.63) is 35.6 Å². The molecule has 2 rings (SSSR count). The number of thioether (sulfide) groups is 1. The van der Waals surface area contributed by atoms with E-state index in [4.69, 9.17) is 0 Å². The van der Waals surface area contributed by atoms with Crippen LogP contribution in [0.25, 0.3) is 0 Å². The average molecular weight is 267 g/mol. The highest BCUT2D eigenvalue weighted by Crippen LogP contribution is 2.34. The van der Waals surface area contributed by atoms with Crippen molar-refractivity contribution >= 4 is 11.8 Å². The third-order valence-electron chi connectivity index (χ3n) is 3.45. The van der Waals surface area contributed by atoms with Crippen molar-refractivity contribution in [2.45, 2.75) is 39.3 Å². The van der Waals surface area contributed by atoms with Gasteiger partial charge in [0.15, 0.2) is 0 Å². The molecule has 1 aromatic rings. The second-order valence-electron chi connectivity index (χ2n) is 6.02. The molecule has 0 saturated carbocycles. The summed E-state index contributed by atoms with van der Waals surface area (Å²) >= 11 is 2.01. The number of benzene rings is 1. The van der Waals surface area contributed by atoms with Crippen LogP contribution in [0.3, 0.4) is 0 Å². The first-order chi connectivity index (χ1) is 8.46. The highest BCUT2D eigenvalue weighted by atomic mass is 32.2. The maximum Gasteiger partial charge on any atom is 0.123 e. The summed E-state index contributed by atoms with van der Waals surface area (Å²) in [5.74, 6) is 2.24. The molecule has 1 nitrogen and oxygen atoms in total. The Labute approximate surface area is 114 Å². The summed E-state index contributed by atoms with van der Waals surface area (Å²) in [7, 11) is 0. The Morgan fingerprint density at radius 2 is 2.22 bits per heavy atom. The fourth-order valence-corrected chi connectivity index (χ4v) is 3.88. The quantitative estimate of drug-likeness (QED) is 0.888. The van der Waals surface area contributed by atoms with Crippen molar-refractivity contribution in [2.24, 2.45) is 5.41 Å². The van der Waals surface area contributed by atoms with Crippen molar-refractivity contribution < 1.29 is 4.39 Å². The van der Waals surface area contributed by atoms with Crippen molar-refractivity contribution in [3.63, 3.8) is 0 Å². The summed E-state index contributed by atoms with van der Waals surface area (Å²) < 4.78 is 13.2. The molecule has 1 N–H and O–H groups in total. The predicted octanol–water partition coefficient (Wildman–Crippen LogP) is 4.01. The maximum absolute atomic E-state index is 13.2. The molecule has 1 aliphatic heterocycles. The highest BCUT2D eigenvalue weighted by Gasteiger charge is 2.29. The van der Waals surface area contributed by atoms with Crippen LogP contribution in [0.5, 0.6) is 0 Å². The Balaban J connectivity index is 1.97. The van der Waals surface area contributed by atoms with Gasteiger partial charge in [0.05, 0.1) is 0 Å². The van der Waals surface area contributed by atoms with E-state index in [1.54, 1.807) is 12.1 Å². The summed E-state index contributed by atoms with van der Waals surface area (Å²) in [6.45, 7) is 6.75. The molecule has 0 aromatic heterocycles. The van der Waals surface area contributed by atoms with Crippen LogP contribution in [0.4, 0.5) is 4.39 Å². The van der Waals surface area contributed by atoms with Crippen LogP contribution < -0.4 is 5.32 Å². The first-order valence-electron chi connectivity index (χ1n) is 6.55. The fourth-order valence-electron chi connectivity index (χ4n) is 2.60. The monoisotopic (exact) mass is 267 g/mol. The van der Waals surface area contributed by atoms with Crippen molar-refractivity contribution in [1.82, 2.24) is 5.32 Å². The van der Waals surface area contributed by atoms with Gasteiger partial charge in [0.25, 0.3) is 0 Å². The Kier molecular flexibility index (Phi) is 4.33. The molecule has 18 heavy (non-hydrogen) atoms. The Morgan fingerprint density at radius 1 is 1.44 bits per heavy atom. The van der Waals surface area contributed by atoms with E-state index < -0.39 is 0 Å². The van der Waals surface area contributed by atoms with E-state index in [9.17, 15) is 4.39 Å². The second kappa shape index (κ2) is 5.62. The maximum atomic E-state index is 13.2. The zero-order valence-corrected chi connectivity index (χ0v) is 12.2. The van der Waals surface area contributed by atoms with Crippen LogP contribution in [-0.2, 0) is 0 Å². The van der Waals surface area contributed by atoms with Gasteiger partial charge in [0, 0.05) is 17.8 Å². The molecular formula is C15H22FNS. The fraction of sp³-hybridized carbons (Fsp3) is 0.600. The van der Waals surface area contributed by atoms with Gasteiger partial charge in [-0.25, -0.2) is 4.39 Å². The predicted molar refractivity (Wildman–Crippen MR) is 77.5 cm³/mol. The molecule has 0 amide bonds. The molecular weight excluding hydrogens is 245 g/mol. The molecule has 0 radical (unpaired) electrons. The Hall–Kier alpha value is -0.540. The first-order valence-corrected chi connectivity index (χ1v) is 7.71. The minimum atomic E-state index is -0.153. The number of halogens is 1. The van der Waals surface area contributed by atoms with Gasteiger partial charge in [0.1, 0.15) is 5.82 Å². The normalized spacial score (nSPS) is 24.8. The number of hydrogen-bond donors (Lipinski definition) is 1. The molecule has 3 heteroatoms. The van der Waals surface area contributed by atoms with Gasteiger partial charge in [0.2, 0.25) is 0 Å². The lowest BCUT2D eigenvalue weighted by atomic mass is 9.87. The van der Waals surface area contributed by atoms with Crippen molar-refractivity contribution in [3.8, 4) is 0 Å². The van der Waals surface area contributed by atoms with Crippen LogP contribution in [-0.4, -0.2) is 17.5 Å². The van der Waals surface area contributed by atoms with Crippen LogP contribution in [0, 0.1) is 11.2 Å². The molecule has 2 atom stereocenters. The largest absolute Gasteiger partial charge is 0.307 e. The Morgan fingerprint density at radius 3 is 2.89 bits per heavy atom. The van der Waals surface area contributed by atoms with E-state index >= 15 is 0 Å². The number of rotatable bonds is 3. The van der Waals surface area contributed by atoms with E-state index in [0.717, 1.165) is 11.3 Å². The molecule has 1 fully saturated rings. The topological polar surface area (TPSA) is 12.0 Å². The highest BCUT2D eigenvalue weighted by molar-refractivity contribution is 7.99. The van der Waals surface area contributed by atoms with E-state index in [1.807, 2.05) is 17.8 Å². The lowest BCUT2D eigenvalue weighted by Gasteiger charge is -2.36. The van der Waals surface area contributed by atoms with Crippen molar-refractivity contribution in [2.75, 3.05) is 11.5 Å². The zero-order chi connectivity index (χ0) is 13.2. The SMILES string of the molecule is CC(NC1CSCC(C)(C)C1)c1cccc(F)c1. The lowest BCUT2D eigenvalue weighted by molar-refractivity contribution is 0.305. The number of nitrogens with one attached hydrogen (secondary N) is 1. The van der Waals surface area contributed by atoms with Gasteiger partial charge < -0.3 is 5.32 Å². The summed E-state index contributed by atoms with van der Waals surface area (Å²) in [5.41, 5.74) is 1.44. The van der Waals surface area contributed by atoms with Gasteiger partial charge in [-0.2, -0.15) is 11.8 Å². The van der Waals surface area contributed by atoms with Gasteiger partial charge in [-0.05, 0) is 42.2 Å². The summed E-state index contributed by atoms with van der Waals surface area (Å²) in [6, 6.07) is 7.62. The van der Waals surface area contributed by atoms with Crippen molar-refractivity contribution in [1.29, 1.82) is 0 Å². The molecule has 1 aromatic carbocycles. The Bertz CT molecular complexity index is 405. The van der Waals surface area contributed by atoms with Gasteiger partial charge in [-0.15, -0.1) is 0 Å². The molecule has 1 heterocycles. The van der Waals surface area contributed by atoms with E-state index in [-0.39, 0.29) is 11.9 Å². The molecule has 0 spiro atoms. The zero-order valence-electron chi connectivity index (χ0n) is 11.4. The minimum absolute atomic E-state index is 0.153. The minimum Gasteiger partial charge on any atom is -0.307 e. The van der Waals surface area contributed by atoms with Gasteiger partial charge in [-0.3, -0.25) is 0 Å². The standard InChI is InChI=1S/C15H22FNS/c1-11(12-5-4-6-13(16)7-12)17-14-8-15(2,3)10-18-9-14/h4-7,11,14,17H,8-10H2,1-3H3. The summed E-state index contributed by atoms with van der Waals surface area (Å²) in [6.07, 6.45) is 1.19. The van der Waals surface area contributed by atoms with E-state index in [1.165, 1.54) is 18.2 Å². The lowest BCUT2D eigenvalue weighted by Crippen LogP contribution is -2.41. The average Bonchev–Trinajstić information content (AvgIpc) is 2.27. The summed E-state index contributed by atoms with van der Waals surface area (Å²) in [4.78, 5) is 0. The number of hydrogen-bond acceptors (Lipinski definition) is 2. The molecule has 1 aliphatic rings. The third-order valence-corrected chi connectivity index (χ3v) is 5.07.